The van der Waals surface area contributed by atoms with Gasteiger partial charge in [0.05, 0.1) is 38.7 Å². The molecule has 1 unspecified atom stereocenters. The zero-order valence-electron chi connectivity index (χ0n) is 10.7. The monoisotopic (exact) mass is 242 g/mol. The minimum Gasteiger partial charge on any atom is -0.465 e. The Morgan fingerprint density at radius 2 is 2.06 bits per heavy atom. The number of quaternary nitrogens is 2. The summed E-state index contributed by atoms with van der Waals surface area (Å²) in [4.78, 5) is 13.1. The lowest BCUT2D eigenvalue weighted by molar-refractivity contribution is -0.940. The van der Waals surface area contributed by atoms with Crippen LogP contribution in [0.5, 0.6) is 0 Å². The molecule has 2 fully saturated rings. The quantitative estimate of drug-likeness (QED) is 0.622. The molecular weight excluding hydrogens is 216 g/mol. The second kappa shape index (κ2) is 6.36. The van der Waals surface area contributed by atoms with Gasteiger partial charge in [-0.25, -0.2) is 0 Å². The minimum atomic E-state index is -0.0667. The van der Waals surface area contributed by atoms with E-state index in [1.807, 2.05) is 0 Å². The number of fused-ring (bicyclic) bond motifs is 1. The smallest absolute Gasteiger partial charge is 0.311 e. The highest BCUT2D eigenvalue weighted by molar-refractivity contribution is 5.69. The molecule has 0 spiro atoms. The predicted molar refractivity (Wildman–Crippen MR) is 64.4 cm³/mol. The Labute approximate surface area is 103 Å². The number of esters is 1. The average Bonchev–Trinajstić information content (AvgIpc) is 2.36. The highest BCUT2D eigenvalue weighted by atomic mass is 16.5. The standard InChI is InChI=1S/C13H24N2O2/c14-7-6-13(16)17-10-11-4-3-9-15-8-2-1-5-12(11)15/h11-12H,1-10,14H2/p+2/t11-,12+/m1/s1. The highest BCUT2D eigenvalue weighted by Gasteiger charge is 2.36. The van der Waals surface area contributed by atoms with Gasteiger partial charge in [0.15, 0.2) is 0 Å². The summed E-state index contributed by atoms with van der Waals surface area (Å²) in [7, 11) is 0. The number of carbonyl (C=O) groups is 1. The fourth-order valence-corrected chi connectivity index (χ4v) is 3.39. The first-order valence-electron chi connectivity index (χ1n) is 7.10. The van der Waals surface area contributed by atoms with Gasteiger partial charge in [-0.3, -0.25) is 4.79 Å². The van der Waals surface area contributed by atoms with Crippen molar-refractivity contribution < 1.29 is 20.2 Å². The van der Waals surface area contributed by atoms with Crippen molar-refractivity contribution in [2.75, 3.05) is 26.2 Å². The molecule has 2 saturated heterocycles. The molecule has 0 aliphatic carbocycles. The normalized spacial score (nSPS) is 32.9. The molecule has 4 heteroatoms. The van der Waals surface area contributed by atoms with Crippen LogP contribution in [0.25, 0.3) is 0 Å². The fraction of sp³-hybridized carbons (Fsp3) is 0.923. The van der Waals surface area contributed by atoms with Crippen LogP contribution in [0.15, 0.2) is 0 Å². The van der Waals surface area contributed by atoms with Crippen LogP contribution in [-0.4, -0.2) is 38.3 Å². The summed E-state index contributed by atoms with van der Waals surface area (Å²) in [6, 6.07) is 0.755. The molecule has 0 aromatic rings. The van der Waals surface area contributed by atoms with E-state index in [2.05, 4.69) is 5.73 Å². The van der Waals surface area contributed by atoms with Gasteiger partial charge in [0, 0.05) is 5.92 Å². The van der Waals surface area contributed by atoms with E-state index in [-0.39, 0.29) is 5.97 Å². The Morgan fingerprint density at radius 1 is 1.24 bits per heavy atom. The Hall–Kier alpha value is -0.610. The van der Waals surface area contributed by atoms with Crippen molar-refractivity contribution in [1.29, 1.82) is 0 Å². The van der Waals surface area contributed by atoms with E-state index in [4.69, 9.17) is 4.74 Å². The van der Waals surface area contributed by atoms with Crippen LogP contribution < -0.4 is 10.6 Å². The molecule has 0 aromatic heterocycles. The van der Waals surface area contributed by atoms with Crippen LogP contribution in [0.1, 0.15) is 38.5 Å². The first-order chi connectivity index (χ1) is 8.31. The van der Waals surface area contributed by atoms with Crippen LogP contribution in [0.3, 0.4) is 0 Å². The van der Waals surface area contributed by atoms with Gasteiger partial charge in [-0.1, -0.05) is 0 Å². The highest BCUT2D eigenvalue weighted by Crippen LogP contribution is 2.20. The molecule has 2 aliphatic heterocycles. The molecule has 0 saturated carbocycles. The predicted octanol–water partition coefficient (Wildman–Crippen LogP) is -0.991. The molecule has 0 bridgehead atoms. The fourth-order valence-electron chi connectivity index (χ4n) is 3.39. The van der Waals surface area contributed by atoms with Gasteiger partial charge >= 0.3 is 5.97 Å². The van der Waals surface area contributed by atoms with Crippen molar-refractivity contribution in [1.82, 2.24) is 0 Å². The molecule has 2 aliphatic rings. The summed E-state index contributed by atoms with van der Waals surface area (Å²) < 4.78 is 5.38. The first kappa shape index (κ1) is 12.8. The van der Waals surface area contributed by atoms with E-state index in [0.29, 0.717) is 25.5 Å². The SMILES string of the molecule is [NH3+]CCC(=O)OC[C@H]1CCC[NH+]2CCCC[C@@H]12. The molecule has 4 nitrogen and oxygen atoms in total. The summed E-state index contributed by atoms with van der Waals surface area (Å²) >= 11 is 0. The number of ether oxygens (including phenoxy) is 1. The Kier molecular flexibility index (Phi) is 4.80. The Balaban J connectivity index is 1.80. The molecular formula is C13H26N2O2+2. The van der Waals surface area contributed by atoms with Crippen LogP contribution in [0, 0.1) is 5.92 Å². The van der Waals surface area contributed by atoms with Crippen molar-refractivity contribution in [2.24, 2.45) is 5.92 Å². The Bertz CT molecular complexity index is 256. The van der Waals surface area contributed by atoms with Gasteiger partial charge < -0.3 is 15.4 Å². The van der Waals surface area contributed by atoms with Crippen molar-refractivity contribution in [3.05, 3.63) is 0 Å². The van der Waals surface area contributed by atoms with Crippen LogP contribution in [0.2, 0.25) is 0 Å². The van der Waals surface area contributed by atoms with Crippen molar-refractivity contribution >= 4 is 5.97 Å². The topological polar surface area (TPSA) is 58.4 Å². The first-order valence-corrected chi connectivity index (χ1v) is 7.10. The summed E-state index contributed by atoms with van der Waals surface area (Å²) in [5.74, 6) is 0.538. The van der Waals surface area contributed by atoms with Gasteiger partial charge in [0.1, 0.15) is 0 Å². The van der Waals surface area contributed by atoms with E-state index < -0.39 is 0 Å². The summed E-state index contributed by atoms with van der Waals surface area (Å²) in [6.07, 6.45) is 7.06. The third kappa shape index (κ3) is 3.42. The number of hydrogen-bond donors (Lipinski definition) is 2. The van der Waals surface area contributed by atoms with Crippen LogP contribution in [-0.2, 0) is 9.53 Å². The number of piperidine rings is 2. The lowest BCUT2D eigenvalue weighted by Gasteiger charge is -2.40. The molecule has 17 heavy (non-hydrogen) atoms. The zero-order chi connectivity index (χ0) is 12.1. The summed E-state index contributed by atoms with van der Waals surface area (Å²) in [5, 5.41) is 0. The molecule has 98 valence electrons. The van der Waals surface area contributed by atoms with Gasteiger partial charge in [-0.05, 0) is 32.1 Å². The zero-order valence-corrected chi connectivity index (χ0v) is 10.7. The maximum atomic E-state index is 11.4. The van der Waals surface area contributed by atoms with Crippen molar-refractivity contribution in [2.45, 2.75) is 44.6 Å². The summed E-state index contributed by atoms with van der Waals surface area (Å²) in [6.45, 7) is 3.94. The van der Waals surface area contributed by atoms with Crippen LogP contribution in [0.4, 0.5) is 0 Å². The van der Waals surface area contributed by atoms with Gasteiger partial charge in [0.2, 0.25) is 0 Å². The van der Waals surface area contributed by atoms with Crippen LogP contribution >= 0.6 is 0 Å². The second-order valence-corrected chi connectivity index (χ2v) is 5.45. The van der Waals surface area contributed by atoms with Crippen molar-refractivity contribution in [3.63, 3.8) is 0 Å². The largest absolute Gasteiger partial charge is 0.465 e. The molecule has 4 N–H and O–H groups in total. The third-order valence-corrected chi connectivity index (χ3v) is 4.27. The number of carbonyl (C=O) groups excluding carboxylic acids is 1. The lowest BCUT2D eigenvalue weighted by atomic mass is 9.84. The molecule has 0 aromatic carbocycles. The number of rotatable bonds is 4. The van der Waals surface area contributed by atoms with Gasteiger partial charge in [-0.2, -0.15) is 0 Å². The van der Waals surface area contributed by atoms with E-state index in [1.165, 1.54) is 45.2 Å². The second-order valence-electron chi connectivity index (χ2n) is 5.45. The third-order valence-electron chi connectivity index (χ3n) is 4.27. The van der Waals surface area contributed by atoms with E-state index in [0.717, 1.165) is 6.04 Å². The lowest BCUT2D eigenvalue weighted by Crippen LogP contribution is -3.18. The molecule has 2 heterocycles. The number of nitrogens with one attached hydrogen (secondary N) is 1. The average molecular weight is 242 g/mol. The summed E-state index contributed by atoms with van der Waals surface area (Å²) in [5.41, 5.74) is 3.68. The Morgan fingerprint density at radius 3 is 2.88 bits per heavy atom. The van der Waals surface area contributed by atoms with E-state index in [9.17, 15) is 4.79 Å². The molecule has 0 radical (unpaired) electrons. The van der Waals surface area contributed by atoms with Gasteiger partial charge in [0.25, 0.3) is 0 Å². The van der Waals surface area contributed by atoms with Gasteiger partial charge in [-0.15, -0.1) is 0 Å². The maximum absolute atomic E-state index is 11.4. The molecule has 3 atom stereocenters. The molecule has 0 amide bonds. The number of hydrogen-bond acceptors (Lipinski definition) is 2. The minimum absolute atomic E-state index is 0.0667. The molecule has 2 rings (SSSR count). The van der Waals surface area contributed by atoms with E-state index in [1.54, 1.807) is 4.90 Å². The van der Waals surface area contributed by atoms with Crippen molar-refractivity contribution in [3.8, 4) is 0 Å². The van der Waals surface area contributed by atoms with E-state index >= 15 is 0 Å². The maximum Gasteiger partial charge on any atom is 0.311 e.